The van der Waals surface area contributed by atoms with Crippen molar-refractivity contribution in [3.8, 4) is 22.5 Å². The van der Waals surface area contributed by atoms with Gasteiger partial charge in [0.05, 0.1) is 17.4 Å². The first-order valence-electron chi connectivity index (χ1n) is 8.39. The third kappa shape index (κ3) is 3.25. The summed E-state index contributed by atoms with van der Waals surface area (Å²) in [4.78, 5) is 11.4. The lowest BCUT2D eigenvalue weighted by Gasteiger charge is -2.06. The van der Waals surface area contributed by atoms with Crippen LogP contribution >= 0.6 is 0 Å². The van der Waals surface area contributed by atoms with Gasteiger partial charge in [0.1, 0.15) is 5.82 Å². The number of rotatable bonds is 5. The molecule has 0 aliphatic heterocycles. The summed E-state index contributed by atoms with van der Waals surface area (Å²) >= 11 is 0. The standard InChI is InChI=1S/C21H20N4/c22-18(13-15-11-12-23-14-15)21-24-19(16-7-3-1-4-8-16)20(25-21)17-9-5-2-6-10-17/h1-12,14,18,23H,13,22H2,(H,24,25)/t18-/m1/s1. The number of aromatic amines is 2. The van der Waals surface area contributed by atoms with Gasteiger partial charge in [-0.3, -0.25) is 0 Å². The lowest BCUT2D eigenvalue weighted by molar-refractivity contribution is 0.679. The maximum Gasteiger partial charge on any atom is 0.124 e. The second kappa shape index (κ2) is 6.79. The molecule has 4 aromatic rings. The number of aromatic nitrogens is 3. The van der Waals surface area contributed by atoms with E-state index in [-0.39, 0.29) is 6.04 Å². The average molecular weight is 328 g/mol. The molecule has 2 aromatic heterocycles. The van der Waals surface area contributed by atoms with Gasteiger partial charge >= 0.3 is 0 Å². The molecule has 4 N–H and O–H groups in total. The Morgan fingerprint density at radius 2 is 1.56 bits per heavy atom. The van der Waals surface area contributed by atoms with E-state index in [1.807, 2.05) is 54.9 Å². The summed E-state index contributed by atoms with van der Waals surface area (Å²) in [5.74, 6) is 0.805. The maximum atomic E-state index is 6.42. The number of H-pyrrole nitrogens is 2. The Bertz CT molecular complexity index is 868. The highest BCUT2D eigenvalue weighted by Gasteiger charge is 2.18. The van der Waals surface area contributed by atoms with Crippen molar-refractivity contribution >= 4 is 0 Å². The van der Waals surface area contributed by atoms with E-state index in [0.717, 1.165) is 34.8 Å². The minimum absolute atomic E-state index is 0.185. The fourth-order valence-corrected chi connectivity index (χ4v) is 3.02. The monoisotopic (exact) mass is 328 g/mol. The highest BCUT2D eigenvalue weighted by atomic mass is 15.0. The molecule has 2 aromatic carbocycles. The van der Waals surface area contributed by atoms with E-state index in [1.54, 1.807) is 0 Å². The zero-order valence-electron chi connectivity index (χ0n) is 13.8. The molecule has 124 valence electrons. The number of nitrogens with two attached hydrogens (primary N) is 1. The first-order chi connectivity index (χ1) is 12.3. The van der Waals surface area contributed by atoms with Crippen LogP contribution in [-0.2, 0) is 6.42 Å². The van der Waals surface area contributed by atoms with Crippen LogP contribution in [0, 0.1) is 0 Å². The quantitative estimate of drug-likeness (QED) is 0.511. The van der Waals surface area contributed by atoms with E-state index >= 15 is 0 Å². The number of nitrogens with one attached hydrogen (secondary N) is 2. The van der Waals surface area contributed by atoms with Crippen molar-refractivity contribution in [1.29, 1.82) is 0 Å². The summed E-state index contributed by atoms with van der Waals surface area (Å²) in [6, 6.07) is 22.3. The molecule has 0 radical (unpaired) electrons. The average Bonchev–Trinajstić information content (AvgIpc) is 3.33. The van der Waals surface area contributed by atoms with Gasteiger partial charge in [-0.05, 0) is 18.1 Å². The minimum atomic E-state index is -0.185. The lowest BCUT2D eigenvalue weighted by Crippen LogP contribution is -2.14. The lowest BCUT2D eigenvalue weighted by atomic mass is 10.1. The van der Waals surface area contributed by atoms with E-state index in [0.29, 0.717) is 0 Å². The smallest absolute Gasteiger partial charge is 0.124 e. The molecule has 0 amide bonds. The largest absolute Gasteiger partial charge is 0.367 e. The molecule has 0 aliphatic carbocycles. The van der Waals surface area contributed by atoms with Gasteiger partial charge in [0.15, 0.2) is 0 Å². The van der Waals surface area contributed by atoms with Crippen molar-refractivity contribution in [3.05, 3.63) is 90.5 Å². The molecule has 0 bridgehead atoms. The molecule has 2 heterocycles. The Morgan fingerprint density at radius 3 is 2.20 bits per heavy atom. The molecule has 0 aliphatic rings. The van der Waals surface area contributed by atoms with Crippen molar-refractivity contribution in [2.75, 3.05) is 0 Å². The van der Waals surface area contributed by atoms with E-state index < -0.39 is 0 Å². The van der Waals surface area contributed by atoms with Crippen LogP contribution in [-0.4, -0.2) is 15.0 Å². The predicted octanol–water partition coefficient (Wildman–Crippen LogP) is 4.31. The van der Waals surface area contributed by atoms with Gasteiger partial charge in [0, 0.05) is 23.5 Å². The minimum Gasteiger partial charge on any atom is -0.367 e. The van der Waals surface area contributed by atoms with Crippen molar-refractivity contribution in [1.82, 2.24) is 15.0 Å². The van der Waals surface area contributed by atoms with Gasteiger partial charge in [-0.2, -0.15) is 0 Å². The molecule has 25 heavy (non-hydrogen) atoms. The predicted molar refractivity (Wildman–Crippen MR) is 101 cm³/mol. The molecule has 4 heteroatoms. The number of hydrogen-bond donors (Lipinski definition) is 3. The van der Waals surface area contributed by atoms with Crippen LogP contribution in [0.1, 0.15) is 17.4 Å². The SMILES string of the molecule is N[C@H](Cc1cc[nH]c1)c1nc(-c2ccccc2)c(-c2ccccc2)[nH]1. The zero-order valence-corrected chi connectivity index (χ0v) is 13.8. The Hall–Kier alpha value is -3.11. The van der Waals surface area contributed by atoms with Gasteiger partial charge < -0.3 is 15.7 Å². The molecule has 4 nitrogen and oxygen atoms in total. The van der Waals surface area contributed by atoms with Gasteiger partial charge in [0.25, 0.3) is 0 Å². The fourth-order valence-electron chi connectivity index (χ4n) is 3.02. The van der Waals surface area contributed by atoms with Crippen LogP contribution in [0.5, 0.6) is 0 Å². The molecular formula is C21H20N4. The summed E-state index contributed by atoms with van der Waals surface area (Å²) in [5.41, 5.74) is 11.7. The first kappa shape index (κ1) is 15.4. The molecule has 0 saturated heterocycles. The first-order valence-corrected chi connectivity index (χ1v) is 8.39. The third-order valence-corrected chi connectivity index (χ3v) is 4.30. The molecule has 0 spiro atoms. The Balaban J connectivity index is 1.75. The normalized spacial score (nSPS) is 12.2. The summed E-state index contributed by atoms with van der Waals surface area (Å²) in [7, 11) is 0. The third-order valence-electron chi connectivity index (χ3n) is 4.30. The fraction of sp³-hybridized carbons (Fsp3) is 0.0952. The van der Waals surface area contributed by atoms with Crippen LogP contribution < -0.4 is 5.73 Å². The number of hydrogen-bond acceptors (Lipinski definition) is 2. The van der Waals surface area contributed by atoms with E-state index in [2.05, 4.69) is 34.2 Å². The van der Waals surface area contributed by atoms with Crippen LogP contribution in [0.4, 0.5) is 0 Å². The van der Waals surface area contributed by atoms with Crippen LogP contribution in [0.3, 0.4) is 0 Å². The van der Waals surface area contributed by atoms with E-state index in [1.165, 1.54) is 5.56 Å². The molecular weight excluding hydrogens is 308 g/mol. The summed E-state index contributed by atoms with van der Waals surface area (Å²) in [5, 5.41) is 0. The Morgan fingerprint density at radius 1 is 0.880 bits per heavy atom. The van der Waals surface area contributed by atoms with Crippen LogP contribution in [0.15, 0.2) is 79.1 Å². The van der Waals surface area contributed by atoms with Crippen molar-refractivity contribution < 1.29 is 0 Å². The Labute approximate surface area is 146 Å². The molecule has 0 unspecified atom stereocenters. The highest BCUT2D eigenvalue weighted by Crippen LogP contribution is 2.31. The van der Waals surface area contributed by atoms with Gasteiger partial charge in [-0.1, -0.05) is 60.7 Å². The molecule has 0 saturated carbocycles. The number of imidazole rings is 1. The summed E-state index contributed by atoms with van der Waals surface area (Å²) in [6.45, 7) is 0. The maximum absolute atomic E-state index is 6.42. The highest BCUT2D eigenvalue weighted by molar-refractivity contribution is 5.78. The summed E-state index contributed by atoms with van der Waals surface area (Å²) < 4.78 is 0. The van der Waals surface area contributed by atoms with Crippen molar-refractivity contribution in [2.24, 2.45) is 5.73 Å². The van der Waals surface area contributed by atoms with Gasteiger partial charge in [0.2, 0.25) is 0 Å². The number of nitrogens with zero attached hydrogens (tertiary/aromatic N) is 1. The zero-order chi connectivity index (χ0) is 17.1. The second-order valence-electron chi connectivity index (χ2n) is 6.11. The van der Waals surface area contributed by atoms with Crippen molar-refractivity contribution in [2.45, 2.75) is 12.5 Å². The Kier molecular flexibility index (Phi) is 4.19. The van der Waals surface area contributed by atoms with Gasteiger partial charge in [-0.25, -0.2) is 4.98 Å². The van der Waals surface area contributed by atoms with Crippen molar-refractivity contribution in [3.63, 3.8) is 0 Å². The van der Waals surface area contributed by atoms with Gasteiger partial charge in [-0.15, -0.1) is 0 Å². The van der Waals surface area contributed by atoms with E-state index in [4.69, 9.17) is 10.7 Å². The van der Waals surface area contributed by atoms with Crippen LogP contribution in [0.25, 0.3) is 22.5 Å². The summed E-state index contributed by atoms with van der Waals surface area (Å²) in [6.07, 6.45) is 4.62. The van der Waals surface area contributed by atoms with Crippen LogP contribution in [0.2, 0.25) is 0 Å². The molecule has 0 fully saturated rings. The second-order valence-corrected chi connectivity index (χ2v) is 6.11. The topological polar surface area (TPSA) is 70.5 Å². The molecule has 4 rings (SSSR count). The van der Waals surface area contributed by atoms with E-state index in [9.17, 15) is 0 Å². The molecule has 1 atom stereocenters. The number of benzene rings is 2.